The first kappa shape index (κ1) is 13.7. The molecule has 94 valence electrons. The summed E-state index contributed by atoms with van der Waals surface area (Å²) in [5.74, 6) is 0.470. The Hall–Kier alpha value is -1.38. The number of primary amides is 1. The molecule has 0 saturated carbocycles. The van der Waals surface area contributed by atoms with Crippen LogP contribution in [0.15, 0.2) is 18.3 Å². The zero-order chi connectivity index (χ0) is 12.7. The van der Waals surface area contributed by atoms with E-state index in [1.54, 1.807) is 6.20 Å². The standard InChI is InChI=1S/C14H22N2O/c1-11(2)5-3-4-6-13-8-7-12(10-16-13)9-14(15)17/h7-8,10-11H,3-6,9H2,1-2H3,(H2,15,17). The van der Waals surface area contributed by atoms with E-state index in [0.29, 0.717) is 0 Å². The second-order valence-electron chi connectivity index (χ2n) is 4.94. The second-order valence-corrected chi connectivity index (χ2v) is 4.94. The van der Waals surface area contributed by atoms with Crippen molar-refractivity contribution < 1.29 is 4.79 Å². The summed E-state index contributed by atoms with van der Waals surface area (Å²) < 4.78 is 0. The number of carbonyl (C=O) groups excluding carboxylic acids is 1. The molecule has 0 radical (unpaired) electrons. The highest BCUT2D eigenvalue weighted by molar-refractivity contribution is 5.76. The third-order valence-corrected chi connectivity index (χ3v) is 2.73. The van der Waals surface area contributed by atoms with Crippen LogP contribution in [0.5, 0.6) is 0 Å². The van der Waals surface area contributed by atoms with E-state index in [4.69, 9.17) is 5.73 Å². The van der Waals surface area contributed by atoms with Gasteiger partial charge in [-0.25, -0.2) is 0 Å². The number of aromatic nitrogens is 1. The van der Waals surface area contributed by atoms with Crippen molar-refractivity contribution in [3.8, 4) is 0 Å². The lowest BCUT2D eigenvalue weighted by Crippen LogP contribution is -2.13. The van der Waals surface area contributed by atoms with E-state index in [-0.39, 0.29) is 12.3 Å². The molecule has 0 aliphatic carbocycles. The van der Waals surface area contributed by atoms with Gasteiger partial charge in [-0.1, -0.05) is 32.8 Å². The van der Waals surface area contributed by atoms with E-state index in [2.05, 4.69) is 18.8 Å². The van der Waals surface area contributed by atoms with Gasteiger partial charge in [0, 0.05) is 11.9 Å². The van der Waals surface area contributed by atoms with Gasteiger partial charge in [-0.15, -0.1) is 0 Å². The molecule has 2 N–H and O–H groups in total. The molecule has 1 aromatic rings. The fraction of sp³-hybridized carbons (Fsp3) is 0.571. The topological polar surface area (TPSA) is 56.0 Å². The van der Waals surface area contributed by atoms with Crippen molar-refractivity contribution in [2.45, 2.75) is 46.0 Å². The maximum absolute atomic E-state index is 10.7. The molecule has 0 aliphatic rings. The van der Waals surface area contributed by atoms with Crippen LogP contribution in [-0.2, 0) is 17.6 Å². The molecule has 0 aromatic carbocycles. The van der Waals surface area contributed by atoms with E-state index in [0.717, 1.165) is 23.6 Å². The number of pyridine rings is 1. The molecule has 1 heterocycles. The third kappa shape index (κ3) is 6.05. The van der Waals surface area contributed by atoms with Crippen LogP contribution in [-0.4, -0.2) is 10.9 Å². The Balaban J connectivity index is 2.32. The first-order chi connectivity index (χ1) is 8.08. The van der Waals surface area contributed by atoms with Gasteiger partial charge in [0.15, 0.2) is 0 Å². The van der Waals surface area contributed by atoms with Gasteiger partial charge < -0.3 is 5.73 Å². The normalized spacial score (nSPS) is 10.8. The summed E-state index contributed by atoms with van der Waals surface area (Å²) in [6.07, 6.45) is 6.76. The Morgan fingerprint density at radius 1 is 1.35 bits per heavy atom. The van der Waals surface area contributed by atoms with E-state index in [1.807, 2.05) is 12.1 Å². The van der Waals surface area contributed by atoms with Crippen molar-refractivity contribution in [3.05, 3.63) is 29.6 Å². The number of rotatable bonds is 7. The van der Waals surface area contributed by atoms with Crippen molar-refractivity contribution in [2.24, 2.45) is 11.7 Å². The smallest absolute Gasteiger partial charge is 0.221 e. The van der Waals surface area contributed by atoms with Gasteiger partial charge in [0.25, 0.3) is 0 Å². The van der Waals surface area contributed by atoms with E-state index >= 15 is 0 Å². The Morgan fingerprint density at radius 2 is 2.12 bits per heavy atom. The predicted octanol–water partition coefficient (Wildman–Crippen LogP) is 2.48. The Kier molecular flexibility index (Phi) is 5.67. The van der Waals surface area contributed by atoms with Gasteiger partial charge in [-0.2, -0.15) is 0 Å². The van der Waals surface area contributed by atoms with Gasteiger partial charge in [0.05, 0.1) is 6.42 Å². The summed E-state index contributed by atoms with van der Waals surface area (Å²) in [7, 11) is 0. The molecule has 0 saturated heterocycles. The van der Waals surface area contributed by atoms with Crippen molar-refractivity contribution in [1.82, 2.24) is 4.98 Å². The lowest BCUT2D eigenvalue weighted by molar-refractivity contribution is -0.117. The van der Waals surface area contributed by atoms with E-state index in [1.165, 1.54) is 19.3 Å². The van der Waals surface area contributed by atoms with Crippen LogP contribution in [0.1, 0.15) is 44.4 Å². The minimum absolute atomic E-state index is 0.278. The molecule has 1 aromatic heterocycles. The van der Waals surface area contributed by atoms with Gasteiger partial charge in [-0.3, -0.25) is 9.78 Å². The summed E-state index contributed by atoms with van der Waals surface area (Å²) >= 11 is 0. The molecule has 0 aliphatic heterocycles. The maximum Gasteiger partial charge on any atom is 0.221 e. The molecule has 3 nitrogen and oxygen atoms in total. The van der Waals surface area contributed by atoms with Crippen LogP contribution in [0.3, 0.4) is 0 Å². The fourth-order valence-corrected chi connectivity index (χ4v) is 1.77. The number of unbranched alkanes of at least 4 members (excludes halogenated alkanes) is 1. The number of nitrogens with two attached hydrogens (primary N) is 1. The van der Waals surface area contributed by atoms with Crippen LogP contribution in [0.25, 0.3) is 0 Å². The molecular formula is C14H22N2O. The molecule has 17 heavy (non-hydrogen) atoms. The highest BCUT2D eigenvalue weighted by atomic mass is 16.1. The third-order valence-electron chi connectivity index (χ3n) is 2.73. The molecule has 0 bridgehead atoms. The minimum atomic E-state index is -0.309. The second kappa shape index (κ2) is 7.05. The highest BCUT2D eigenvalue weighted by Gasteiger charge is 2.00. The van der Waals surface area contributed by atoms with E-state index in [9.17, 15) is 4.79 Å². The summed E-state index contributed by atoms with van der Waals surface area (Å²) in [5.41, 5.74) is 7.11. The van der Waals surface area contributed by atoms with Gasteiger partial charge in [0.2, 0.25) is 5.91 Å². The largest absolute Gasteiger partial charge is 0.369 e. The molecule has 1 rings (SSSR count). The minimum Gasteiger partial charge on any atom is -0.369 e. The zero-order valence-corrected chi connectivity index (χ0v) is 10.8. The first-order valence-electron chi connectivity index (χ1n) is 6.30. The lowest BCUT2D eigenvalue weighted by Gasteiger charge is -2.04. The number of amides is 1. The molecule has 1 amide bonds. The van der Waals surface area contributed by atoms with Crippen LogP contribution >= 0.6 is 0 Å². The fourth-order valence-electron chi connectivity index (χ4n) is 1.77. The van der Waals surface area contributed by atoms with Crippen LogP contribution in [0.4, 0.5) is 0 Å². The predicted molar refractivity (Wildman–Crippen MR) is 69.5 cm³/mol. The summed E-state index contributed by atoms with van der Waals surface area (Å²) in [5, 5.41) is 0. The van der Waals surface area contributed by atoms with Crippen LogP contribution in [0, 0.1) is 5.92 Å². The monoisotopic (exact) mass is 234 g/mol. The summed E-state index contributed by atoms with van der Waals surface area (Å²) in [4.78, 5) is 15.1. The molecule has 0 spiro atoms. The van der Waals surface area contributed by atoms with Crippen LogP contribution in [0.2, 0.25) is 0 Å². The van der Waals surface area contributed by atoms with Crippen LogP contribution < -0.4 is 5.73 Å². The highest BCUT2D eigenvalue weighted by Crippen LogP contribution is 2.10. The van der Waals surface area contributed by atoms with Crippen molar-refractivity contribution in [3.63, 3.8) is 0 Å². The number of hydrogen-bond donors (Lipinski definition) is 1. The molecule has 0 unspecified atom stereocenters. The average molecular weight is 234 g/mol. The number of aryl methyl sites for hydroxylation is 1. The zero-order valence-electron chi connectivity index (χ0n) is 10.8. The number of carbonyl (C=O) groups is 1. The maximum atomic E-state index is 10.7. The lowest BCUT2D eigenvalue weighted by atomic mass is 10.0. The summed E-state index contributed by atoms with van der Waals surface area (Å²) in [6, 6.07) is 3.93. The quantitative estimate of drug-likeness (QED) is 0.737. The number of nitrogens with zero attached hydrogens (tertiary/aromatic N) is 1. The molecular weight excluding hydrogens is 212 g/mol. The van der Waals surface area contributed by atoms with Gasteiger partial charge in [-0.05, 0) is 30.4 Å². The summed E-state index contributed by atoms with van der Waals surface area (Å²) in [6.45, 7) is 4.49. The van der Waals surface area contributed by atoms with Gasteiger partial charge in [0.1, 0.15) is 0 Å². The molecule has 0 fully saturated rings. The number of hydrogen-bond acceptors (Lipinski definition) is 2. The average Bonchev–Trinajstić information content (AvgIpc) is 2.25. The van der Waals surface area contributed by atoms with E-state index < -0.39 is 0 Å². The van der Waals surface area contributed by atoms with Crippen molar-refractivity contribution >= 4 is 5.91 Å². The Labute approximate surface area is 103 Å². The van der Waals surface area contributed by atoms with Gasteiger partial charge >= 0.3 is 0 Å². The van der Waals surface area contributed by atoms with Crippen molar-refractivity contribution in [2.75, 3.05) is 0 Å². The first-order valence-corrected chi connectivity index (χ1v) is 6.30. The SMILES string of the molecule is CC(C)CCCCc1ccc(CC(N)=O)cn1. The molecule has 0 atom stereocenters. The molecule has 3 heteroatoms. The Morgan fingerprint density at radius 3 is 2.65 bits per heavy atom. The Bertz CT molecular complexity index is 344. The van der Waals surface area contributed by atoms with Crippen molar-refractivity contribution in [1.29, 1.82) is 0 Å².